The number of benzene rings is 3. The van der Waals surface area contributed by atoms with Crippen LogP contribution in [0.2, 0.25) is 5.02 Å². The maximum atomic E-state index is 13.2. The Bertz CT molecular complexity index is 1420. The number of hydrazone groups is 1. The number of rotatable bonds is 7. The Morgan fingerprint density at radius 3 is 2.50 bits per heavy atom. The smallest absolute Gasteiger partial charge is 0.266 e. The van der Waals surface area contributed by atoms with E-state index in [-0.39, 0.29) is 17.2 Å². The number of carbonyl (C=O) groups excluding carboxylic acids is 1. The molecule has 0 atom stereocenters. The van der Waals surface area contributed by atoms with Crippen molar-refractivity contribution < 1.29 is 9.53 Å². The van der Waals surface area contributed by atoms with Gasteiger partial charge in [-0.25, -0.2) is 10.4 Å². The summed E-state index contributed by atoms with van der Waals surface area (Å²) in [6, 6.07) is 21.4. The van der Waals surface area contributed by atoms with Crippen LogP contribution in [0.5, 0.6) is 5.75 Å². The quantitative estimate of drug-likeness (QED) is 0.175. The number of hydrogen-bond donors (Lipinski definition) is 1. The molecule has 0 bridgehead atoms. The molecule has 0 radical (unpaired) electrons. The minimum atomic E-state index is -0.317. The molecule has 0 aliphatic heterocycles. The fraction of sp³-hybridized carbons (Fsp3) is 0.120. The molecule has 0 aliphatic carbocycles. The second-order valence-electron chi connectivity index (χ2n) is 7.28. The zero-order chi connectivity index (χ0) is 24.1. The lowest BCUT2D eigenvalue weighted by molar-refractivity contribution is -0.118. The van der Waals surface area contributed by atoms with Gasteiger partial charge in [-0.05, 0) is 73.2 Å². The minimum absolute atomic E-state index is 0.0256. The molecule has 0 fully saturated rings. The van der Waals surface area contributed by atoms with E-state index in [1.54, 1.807) is 56.5 Å². The predicted octanol–water partition coefficient (Wildman–Crippen LogP) is 4.68. The largest absolute Gasteiger partial charge is 0.497 e. The fourth-order valence-corrected chi connectivity index (χ4v) is 4.16. The molecule has 1 aromatic heterocycles. The highest BCUT2D eigenvalue weighted by molar-refractivity contribution is 7.99. The Hall–Kier alpha value is -3.62. The first-order valence-electron chi connectivity index (χ1n) is 10.3. The number of fused-ring (bicyclic) bond motifs is 1. The highest BCUT2D eigenvalue weighted by Gasteiger charge is 2.15. The number of para-hydroxylation sites is 1. The predicted molar refractivity (Wildman–Crippen MR) is 136 cm³/mol. The Balaban J connectivity index is 1.55. The summed E-state index contributed by atoms with van der Waals surface area (Å²) in [5.41, 5.74) is 5.04. The first-order valence-corrected chi connectivity index (χ1v) is 11.7. The Labute approximate surface area is 205 Å². The summed E-state index contributed by atoms with van der Waals surface area (Å²) in [5, 5.41) is 5.63. The molecule has 3 aromatic carbocycles. The molecule has 0 saturated heterocycles. The molecular formula is C25H21ClN4O3S. The monoisotopic (exact) mass is 492 g/mol. The van der Waals surface area contributed by atoms with E-state index in [1.165, 1.54) is 4.57 Å². The fourth-order valence-electron chi connectivity index (χ4n) is 3.23. The van der Waals surface area contributed by atoms with Crippen LogP contribution in [0.25, 0.3) is 16.6 Å². The van der Waals surface area contributed by atoms with Crippen molar-refractivity contribution in [1.29, 1.82) is 0 Å². The van der Waals surface area contributed by atoms with Crippen LogP contribution in [0.4, 0.5) is 0 Å². The number of hydrogen-bond acceptors (Lipinski definition) is 6. The van der Waals surface area contributed by atoms with E-state index in [0.29, 0.717) is 32.5 Å². The summed E-state index contributed by atoms with van der Waals surface area (Å²) >= 11 is 7.17. The van der Waals surface area contributed by atoms with Gasteiger partial charge in [0.15, 0.2) is 5.16 Å². The Kier molecular flexibility index (Phi) is 7.30. The average Bonchev–Trinajstić information content (AvgIpc) is 2.87. The number of halogens is 1. The number of carbonyl (C=O) groups is 1. The molecule has 7 nitrogen and oxygen atoms in total. The zero-order valence-corrected chi connectivity index (χ0v) is 20.1. The van der Waals surface area contributed by atoms with Gasteiger partial charge in [-0.3, -0.25) is 14.2 Å². The van der Waals surface area contributed by atoms with Gasteiger partial charge in [0.2, 0.25) is 0 Å². The SMILES string of the molecule is COc1ccc(C(C)=NNC(=O)CSc2nc3ccccc3c(=O)n2-c2ccc(Cl)cc2)cc1. The van der Waals surface area contributed by atoms with Crippen molar-refractivity contribution in [2.45, 2.75) is 12.1 Å². The van der Waals surface area contributed by atoms with Crippen LogP contribution >= 0.6 is 23.4 Å². The summed E-state index contributed by atoms with van der Waals surface area (Å²) in [7, 11) is 1.60. The molecule has 1 amide bonds. The maximum Gasteiger partial charge on any atom is 0.266 e. The number of amides is 1. The van der Waals surface area contributed by atoms with Crippen molar-refractivity contribution in [3.63, 3.8) is 0 Å². The summed E-state index contributed by atoms with van der Waals surface area (Å²) in [6.45, 7) is 1.80. The van der Waals surface area contributed by atoms with Crippen LogP contribution in [0.1, 0.15) is 12.5 Å². The van der Waals surface area contributed by atoms with E-state index in [1.807, 2.05) is 30.3 Å². The van der Waals surface area contributed by atoms with Gasteiger partial charge >= 0.3 is 0 Å². The van der Waals surface area contributed by atoms with E-state index < -0.39 is 0 Å². The van der Waals surface area contributed by atoms with Crippen molar-refractivity contribution in [2.75, 3.05) is 12.9 Å². The van der Waals surface area contributed by atoms with Gasteiger partial charge in [-0.2, -0.15) is 5.10 Å². The van der Waals surface area contributed by atoms with Gasteiger partial charge in [-0.15, -0.1) is 0 Å². The molecule has 4 rings (SSSR count). The Morgan fingerprint density at radius 2 is 1.79 bits per heavy atom. The first kappa shape index (κ1) is 23.5. The molecule has 0 spiro atoms. The first-order chi connectivity index (χ1) is 16.5. The van der Waals surface area contributed by atoms with Crippen LogP contribution in [-0.2, 0) is 4.79 Å². The number of methoxy groups -OCH3 is 1. The van der Waals surface area contributed by atoms with Crippen molar-refractivity contribution in [1.82, 2.24) is 15.0 Å². The van der Waals surface area contributed by atoms with Crippen LogP contribution in [0, 0.1) is 0 Å². The molecule has 0 unspecified atom stereocenters. The number of thioether (sulfide) groups is 1. The highest BCUT2D eigenvalue weighted by atomic mass is 35.5. The van der Waals surface area contributed by atoms with Gasteiger partial charge in [0.1, 0.15) is 5.75 Å². The number of aromatic nitrogens is 2. The van der Waals surface area contributed by atoms with Gasteiger partial charge in [-0.1, -0.05) is 35.5 Å². The second kappa shape index (κ2) is 10.5. The number of nitrogens with one attached hydrogen (secondary N) is 1. The molecular weight excluding hydrogens is 472 g/mol. The van der Waals surface area contributed by atoms with Crippen LogP contribution in [-0.4, -0.2) is 34.0 Å². The van der Waals surface area contributed by atoms with Crippen molar-refractivity contribution in [3.8, 4) is 11.4 Å². The van der Waals surface area contributed by atoms with Crippen molar-refractivity contribution in [3.05, 3.63) is 93.7 Å². The molecule has 4 aromatic rings. The summed E-state index contributed by atoms with van der Waals surface area (Å²) in [6.07, 6.45) is 0. The van der Waals surface area contributed by atoms with Crippen LogP contribution < -0.4 is 15.7 Å². The topological polar surface area (TPSA) is 85.6 Å². The van der Waals surface area contributed by atoms with Gasteiger partial charge in [0.25, 0.3) is 11.5 Å². The number of ether oxygens (including phenoxy) is 1. The normalized spacial score (nSPS) is 11.4. The van der Waals surface area contributed by atoms with Crippen LogP contribution in [0.3, 0.4) is 0 Å². The van der Waals surface area contributed by atoms with E-state index in [4.69, 9.17) is 16.3 Å². The van der Waals surface area contributed by atoms with E-state index in [9.17, 15) is 9.59 Å². The summed E-state index contributed by atoms with van der Waals surface area (Å²) in [4.78, 5) is 30.4. The standard InChI is InChI=1S/C25H21ClN4O3S/c1-16(17-7-13-20(33-2)14-8-17)28-29-23(31)15-34-25-27-22-6-4-3-5-21(22)24(32)30(25)19-11-9-18(26)10-12-19/h3-14H,15H2,1-2H3,(H,29,31). The van der Waals surface area contributed by atoms with Crippen molar-refractivity contribution in [2.24, 2.45) is 5.10 Å². The number of nitrogens with zero attached hydrogens (tertiary/aromatic N) is 3. The molecule has 9 heteroatoms. The highest BCUT2D eigenvalue weighted by Crippen LogP contribution is 2.22. The van der Waals surface area contributed by atoms with Crippen LogP contribution in [0.15, 0.2) is 87.8 Å². The lowest BCUT2D eigenvalue weighted by atomic mass is 10.1. The van der Waals surface area contributed by atoms with E-state index >= 15 is 0 Å². The summed E-state index contributed by atoms with van der Waals surface area (Å²) in [5.74, 6) is 0.451. The molecule has 172 valence electrons. The van der Waals surface area contributed by atoms with Gasteiger partial charge in [0.05, 0.1) is 35.2 Å². The minimum Gasteiger partial charge on any atom is -0.497 e. The molecule has 1 N–H and O–H groups in total. The Morgan fingerprint density at radius 1 is 1.09 bits per heavy atom. The molecule has 0 saturated carbocycles. The third-order valence-corrected chi connectivity index (χ3v) is 6.21. The third kappa shape index (κ3) is 5.30. The van der Waals surface area contributed by atoms with Gasteiger partial charge < -0.3 is 4.74 Å². The van der Waals surface area contributed by atoms with E-state index in [2.05, 4.69) is 15.5 Å². The lowest BCUT2D eigenvalue weighted by Gasteiger charge is -2.13. The van der Waals surface area contributed by atoms with E-state index in [0.717, 1.165) is 23.1 Å². The lowest BCUT2D eigenvalue weighted by Crippen LogP contribution is -2.24. The third-order valence-electron chi connectivity index (χ3n) is 5.02. The molecule has 34 heavy (non-hydrogen) atoms. The summed E-state index contributed by atoms with van der Waals surface area (Å²) < 4.78 is 6.64. The van der Waals surface area contributed by atoms with Crippen molar-refractivity contribution >= 4 is 45.9 Å². The second-order valence-corrected chi connectivity index (χ2v) is 8.66. The molecule has 0 aliphatic rings. The average molecular weight is 493 g/mol. The molecule has 1 heterocycles. The van der Waals surface area contributed by atoms with Gasteiger partial charge in [0, 0.05) is 5.02 Å². The zero-order valence-electron chi connectivity index (χ0n) is 18.5. The maximum absolute atomic E-state index is 13.2.